The number of nitrogens with zero attached hydrogens (tertiary/aromatic N) is 1. The Balaban J connectivity index is 2.74. The van der Waals surface area contributed by atoms with Gasteiger partial charge in [-0.2, -0.15) is 0 Å². The minimum atomic E-state index is -0.370. The molecule has 0 aliphatic rings. The van der Waals surface area contributed by atoms with Gasteiger partial charge in [0.2, 0.25) is 6.54 Å². The molecule has 4 nitrogen and oxygen atoms in total. The predicted molar refractivity (Wildman–Crippen MR) is 41.6 cm³/mol. The van der Waals surface area contributed by atoms with Gasteiger partial charge in [0.15, 0.2) is 0 Å². The lowest BCUT2D eigenvalue weighted by atomic mass is 10.2. The molecule has 0 amide bonds. The van der Waals surface area contributed by atoms with Gasteiger partial charge in [-0.25, -0.2) is 0 Å². The molecule has 0 fully saturated rings. The highest BCUT2D eigenvalue weighted by Crippen LogP contribution is 2.05. The zero-order chi connectivity index (χ0) is 8.27. The van der Waals surface area contributed by atoms with Gasteiger partial charge in [0.25, 0.3) is 0 Å². The van der Waals surface area contributed by atoms with Crippen LogP contribution in [0, 0.1) is 10.1 Å². The Labute approximate surface area is 63.8 Å². The molecule has 0 unspecified atom stereocenters. The maximum Gasteiger partial charge on any atom is 0.228 e. The number of hydrogen-bond donors (Lipinski definition) is 1. The normalized spacial score (nSPS) is 9.45. The van der Waals surface area contributed by atoms with Crippen LogP contribution in [0.3, 0.4) is 0 Å². The van der Waals surface area contributed by atoms with Crippen molar-refractivity contribution in [2.75, 3.05) is 5.73 Å². The lowest BCUT2D eigenvalue weighted by Gasteiger charge is -1.94. The third-order valence-electron chi connectivity index (χ3n) is 1.29. The highest BCUT2D eigenvalue weighted by atomic mass is 16.6. The number of nitrogen functional groups attached to an aromatic ring is 1. The summed E-state index contributed by atoms with van der Waals surface area (Å²) in [6.07, 6.45) is 0. The van der Waals surface area contributed by atoms with Crippen molar-refractivity contribution < 1.29 is 4.92 Å². The summed E-state index contributed by atoms with van der Waals surface area (Å²) in [5, 5.41) is 10.0. The first-order valence-electron chi connectivity index (χ1n) is 3.14. The molecule has 0 aromatic heterocycles. The van der Waals surface area contributed by atoms with Crippen LogP contribution < -0.4 is 5.73 Å². The molecule has 11 heavy (non-hydrogen) atoms. The van der Waals surface area contributed by atoms with Crippen LogP contribution in [0.1, 0.15) is 5.56 Å². The van der Waals surface area contributed by atoms with Crippen molar-refractivity contribution in [2.45, 2.75) is 6.54 Å². The van der Waals surface area contributed by atoms with Gasteiger partial charge in [-0.3, -0.25) is 10.1 Å². The molecular weight excluding hydrogens is 144 g/mol. The van der Waals surface area contributed by atoms with Crippen LogP contribution in [0.15, 0.2) is 24.3 Å². The number of hydrogen-bond acceptors (Lipinski definition) is 3. The van der Waals surface area contributed by atoms with E-state index in [1.165, 1.54) is 0 Å². The highest BCUT2D eigenvalue weighted by molar-refractivity contribution is 5.38. The van der Waals surface area contributed by atoms with E-state index in [1.807, 2.05) is 0 Å². The largest absolute Gasteiger partial charge is 0.399 e. The Morgan fingerprint density at radius 3 is 2.36 bits per heavy atom. The SMILES string of the molecule is Nc1ccc(C[N+](=O)[O-])cc1. The summed E-state index contributed by atoms with van der Waals surface area (Å²) in [6.45, 7) is -0.139. The Kier molecular flexibility index (Phi) is 2.06. The Morgan fingerprint density at radius 2 is 1.91 bits per heavy atom. The molecule has 0 aliphatic heterocycles. The fraction of sp³-hybridized carbons (Fsp3) is 0.143. The number of benzene rings is 1. The third-order valence-corrected chi connectivity index (χ3v) is 1.29. The lowest BCUT2D eigenvalue weighted by Crippen LogP contribution is -1.97. The zero-order valence-electron chi connectivity index (χ0n) is 5.86. The topological polar surface area (TPSA) is 69.2 Å². The minimum Gasteiger partial charge on any atom is -0.399 e. The van der Waals surface area contributed by atoms with Crippen LogP contribution in [-0.2, 0) is 6.54 Å². The van der Waals surface area contributed by atoms with E-state index < -0.39 is 0 Å². The number of rotatable bonds is 2. The van der Waals surface area contributed by atoms with Crippen molar-refractivity contribution in [1.82, 2.24) is 0 Å². The van der Waals surface area contributed by atoms with Crippen molar-refractivity contribution in [2.24, 2.45) is 0 Å². The second kappa shape index (κ2) is 3.01. The maximum absolute atomic E-state index is 10.0. The van der Waals surface area contributed by atoms with Gasteiger partial charge < -0.3 is 5.73 Å². The molecular formula is C7H8N2O2. The van der Waals surface area contributed by atoms with Crippen molar-refractivity contribution in [3.05, 3.63) is 39.9 Å². The highest BCUT2D eigenvalue weighted by Gasteiger charge is 1.98. The Bertz CT molecular complexity index is 256. The van der Waals surface area contributed by atoms with Crippen LogP contribution in [0.25, 0.3) is 0 Å². The first kappa shape index (κ1) is 7.53. The third kappa shape index (κ3) is 2.25. The molecule has 0 saturated carbocycles. The van der Waals surface area contributed by atoms with Gasteiger partial charge in [0, 0.05) is 16.2 Å². The second-order valence-electron chi connectivity index (χ2n) is 2.23. The fourth-order valence-corrected chi connectivity index (χ4v) is 0.772. The molecule has 0 radical (unpaired) electrons. The van der Waals surface area contributed by atoms with E-state index >= 15 is 0 Å². The first-order chi connectivity index (χ1) is 5.18. The summed E-state index contributed by atoms with van der Waals surface area (Å²) >= 11 is 0. The van der Waals surface area contributed by atoms with Crippen LogP contribution in [-0.4, -0.2) is 4.92 Å². The summed E-state index contributed by atoms with van der Waals surface area (Å²) in [7, 11) is 0. The summed E-state index contributed by atoms with van der Waals surface area (Å²) in [5.41, 5.74) is 6.68. The molecule has 2 N–H and O–H groups in total. The van der Waals surface area contributed by atoms with Gasteiger partial charge >= 0.3 is 0 Å². The van der Waals surface area contributed by atoms with Gasteiger partial charge in [-0.15, -0.1) is 0 Å². The Hall–Kier alpha value is -1.58. The summed E-state index contributed by atoms with van der Waals surface area (Å²) in [6, 6.07) is 6.61. The minimum absolute atomic E-state index is 0.139. The van der Waals surface area contributed by atoms with E-state index in [4.69, 9.17) is 5.73 Å². The molecule has 0 bridgehead atoms. The van der Waals surface area contributed by atoms with Gasteiger partial charge in [-0.05, 0) is 12.1 Å². The van der Waals surface area contributed by atoms with Crippen LogP contribution in [0.5, 0.6) is 0 Å². The molecule has 0 saturated heterocycles. The van der Waals surface area contributed by atoms with E-state index in [2.05, 4.69) is 0 Å². The van der Waals surface area contributed by atoms with Crippen molar-refractivity contribution in [1.29, 1.82) is 0 Å². The molecule has 4 heteroatoms. The monoisotopic (exact) mass is 152 g/mol. The predicted octanol–water partition coefficient (Wildman–Crippen LogP) is 1.05. The summed E-state index contributed by atoms with van der Waals surface area (Å²) in [5.74, 6) is 0. The quantitative estimate of drug-likeness (QED) is 0.391. The number of nitro groups is 1. The molecule has 1 rings (SSSR count). The van der Waals surface area contributed by atoms with Crippen molar-refractivity contribution in [3.8, 4) is 0 Å². The first-order valence-corrected chi connectivity index (χ1v) is 3.14. The van der Waals surface area contributed by atoms with E-state index in [0.29, 0.717) is 11.3 Å². The van der Waals surface area contributed by atoms with Gasteiger partial charge in [0.05, 0.1) is 0 Å². The van der Waals surface area contributed by atoms with Gasteiger partial charge in [-0.1, -0.05) is 12.1 Å². The standard InChI is InChI=1S/C7H8N2O2/c8-7-3-1-6(2-4-7)5-9(10)11/h1-4H,5,8H2. The van der Waals surface area contributed by atoms with E-state index in [-0.39, 0.29) is 11.5 Å². The number of anilines is 1. The molecule has 58 valence electrons. The van der Waals surface area contributed by atoms with Crippen LogP contribution in [0.2, 0.25) is 0 Å². The molecule has 0 heterocycles. The second-order valence-corrected chi connectivity index (χ2v) is 2.23. The van der Waals surface area contributed by atoms with E-state index in [9.17, 15) is 10.1 Å². The van der Waals surface area contributed by atoms with Crippen LogP contribution in [0.4, 0.5) is 5.69 Å². The van der Waals surface area contributed by atoms with Crippen molar-refractivity contribution in [3.63, 3.8) is 0 Å². The van der Waals surface area contributed by atoms with Crippen molar-refractivity contribution >= 4 is 5.69 Å². The van der Waals surface area contributed by atoms with Gasteiger partial charge in [0.1, 0.15) is 0 Å². The fourth-order valence-electron chi connectivity index (χ4n) is 0.772. The molecule has 0 aliphatic carbocycles. The van der Waals surface area contributed by atoms with Crippen LogP contribution >= 0.6 is 0 Å². The van der Waals surface area contributed by atoms with E-state index in [1.54, 1.807) is 24.3 Å². The lowest BCUT2D eigenvalue weighted by molar-refractivity contribution is -0.496. The molecule has 0 spiro atoms. The number of nitrogens with two attached hydrogens (primary N) is 1. The smallest absolute Gasteiger partial charge is 0.228 e. The molecule has 1 aromatic carbocycles. The maximum atomic E-state index is 10.0. The Morgan fingerprint density at radius 1 is 1.36 bits per heavy atom. The zero-order valence-corrected chi connectivity index (χ0v) is 5.86. The summed E-state index contributed by atoms with van der Waals surface area (Å²) in [4.78, 5) is 9.66. The molecule has 1 aromatic rings. The average Bonchev–Trinajstić information content (AvgIpc) is 1.93. The molecule has 0 atom stereocenters. The summed E-state index contributed by atoms with van der Waals surface area (Å²) < 4.78 is 0. The average molecular weight is 152 g/mol. The van der Waals surface area contributed by atoms with E-state index in [0.717, 1.165) is 0 Å².